The van der Waals surface area contributed by atoms with Crippen LogP contribution < -0.4 is 10.2 Å². The predicted octanol–water partition coefficient (Wildman–Crippen LogP) is 2.48. The second kappa shape index (κ2) is 9.06. The minimum Gasteiger partial charge on any atom is -0.371 e. The number of benzene rings is 1. The van der Waals surface area contributed by atoms with Gasteiger partial charge in [-0.1, -0.05) is 0 Å². The van der Waals surface area contributed by atoms with Crippen LogP contribution in [0.2, 0.25) is 0 Å². The van der Waals surface area contributed by atoms with E-state index < -0.39 is 18.4 Å². The third kappa shape index (κ3) is 4.56. The number of rotatable bonds is 6. The first-order valence-corrected chi connectivity index (χ1v) is 11.1. The molecule has 1 N–H and O–H groups in total. The molecule has 2 aromatic rings. The number of amides is 2. The molecule has 2 aliphatic heterocycles. The Morgan fingerprint density at radius 3 is 2.87 bits per heavy atom. The Hall–Kier alpha value is -2.93. The molecule has 0 radical (unpaired) electrons. The van der Waals surface area contributed by atoms with E-state index in [9.17, 15) is 18.4 Å². The summed E-state index contributed by atoms with van der Waals surface area (Å²) in [4.78, 5) is 32.9. The van der Waals surface area contributed by atoms with Crippen molar-refractivity contribution < 1.29 is 18.4 Å². The maximum absolute atomic E-state index is 12.8. The first-order chi connectivity index (χ1) is 15.0. The maximum atomic E-state index is 12.8. The van der Waals surface area contributed by atoms with Gasteiger partial charge in [0.25, 0.3) is 5.91 Å². The highest BCUT2D eigenvalue weighted by atomic mass is 32.2. The lowest BCUT2D eigenvalue weighted by Gasteiger charge is -2.41. The average molecular weight is 445 g/mol. The molecular formula is C21H21F2N5O2S. The van der Waals surface area contributed by atoms with Crippen LogP contribution in [0.3, 0.4) is 0 Å². The van der Waals surface area contributed by atoms with Crippen LogP contribution in [0.15, 0.2) is 30.5 Å². The lowest BCUT2D eigenvalue weighted by molar-refractivity contribution is -0.129. The molecule has 4 rings (SSSR count). The van der Waals surface area contributed by atoms with Crippen LogP contribution in [0.25, 0.3) is 10.9 Å². The first kappa shape index (κ1) is 21.3. The molecule has 0 unspecified atom stereocenters. The van der Waals surface area contributed by atoms with Crippen LogP contribution in [0.4, 0.5) is 14.5 Å². The van der Waals surface area contributed by atoms with Crippen molar-refractivity contribution in [3.8, 4) is 6.07 Å². The third-order valence-corrected chi connectivity index (χ3v) is 6.57. The molecule has 7 nitrogen and oxygen atoms in total. The van der Waals surface area contributed by atoms with Gasteiger partial charge in [0.1, 0.15) is 6.04 Å². The van der Waals surface area contributed by atoms with Crippen molar-refractivity contribution in [2.45, 2.75) is 18.9 Å². The van der Waals surface area contributed by atoms with Crippen molar-refractivity contribution in [1.29, 1.82) is 5.26 Å². The van der Waals surface area contributed by atoms with E-state index in [-0.39, 0.29) is 24.8 Å². The zero-order valence-corrected chi connectivity index (χ0v) is 17.4. The molecule has 0 bridgehead atoms. The number of anilines is 1. The molecule has 1 atom stereocenters. The van der Waals surface area contributed by atoms with E-state index in [0.717, 1.165) is 5.69 Å². The van der Waals surface area contributed by atoms with Gasteiger partial charge in [0.15, 0.2) is 0 Å². The van der Waals surface area contributed by atoms with Gasteiger partial charge < -0.3 is 15.1 Å². The molecule has 162 valence electrons. The molecule has 0 spiro atoms. The summed E-state index contributed by atoms with van der Waals surface area (Å²) in [6.45, 7) is 0.919. The molecule has 1 aromatic heterocycles. The van der Waals surface area contributed by atoms with E-state index in [0.29, 0.717) is 41.2 Å². The minimum absolute atomic E-state index is 0.0284. The number of carbonyl (C=O) groups is 2. The standard InChI is InChI=1S/C21H21F2N5O2S/c22-19(23)5-13-9-27(10-13)14-1-2-18-17(6-14)16(3-4-25-18)21(30)26-8-20(29)28-12-31-11-15(28)7-24/h1-4,6,13,15,19H,5,8-12H2,(H,26,30)/t15-/m1/s1. The van der Waals surface area contributed by atoms with E-state index in [1.54, 1.807) is 12.1 Å². The van der Waals surface area contributed by atoms with Crippen molar-refractivity contribution in [3.05, 3.63) is 36.0 Å². The van der Waals surface area contributed by atoms with Crippen LogP contribution in [-0.2, 0) is 4.79 Å². The summed E-state index contributed by atoms with van der Waals surface area (Å²) < 4.78 is 25.1. The smallest absolute Gasteiger partial charge is 0.252 e. The van der Waals surface area contributed by atoms with Gasteiger partial charge in [-0.2, -0.15) is 5.26 Å². The number of halogens is 2. The van der Waals surface area contributed by atoms with Gasteiger partial charge in [-0.25, -0.2) is 8.78 Å². The highest BCUT2D eigenvalue weighted by Gasteiger charge is 2.30. The second-order valence-corrected chi connectivity index (χ2v) is 8.65. The van der Waals surface area contributed by atoms with Crippen molar-refractivity contribution in [3.63, 3.8) is 0 Å². The SMILES string of the molecule is N#C[C@@H]1CSCN1C(=O)CNC(=O)c1ccnc2ccc(N3CC(CC(F)F)C3)cc12. The number of nitriles is 1. The zero-order chi connectivity index (χ0) is 22.0. The Balaban J connectivity index is 1.45. The third-order valence-electron chi connectivity index (χ3n) is 5.56. The lowest BCUT2D eigenvalue weighted by Crippen LogP contribution is -2.47. The highest BCUT2D eigenvalue weighted by Crippen LogP contribution is 2.31. The summed E-state index contributed by atoms with van der Waals surface area (Å²) in [5, 5.41) is 12.4. The summed E-state index contributed by atoms with van der Waals surface area (Å²) in [6.07, 6.45) is -0.868. The quantitative estimate of drug-likeness (QED) is 0.735. The monoisotopic (exact) mass is 445 g/mol. The number of hydrogen-bond acceptors (Lipinski definition) is 6. The fourth-order valence-corrected chi connectivity index (χ4v) is 4.96. The van der Waals surface area contributed by atoms with Crippen LogP contribution in [0, 0.1) is 17.2 Å². The first-order valence-electron chi connectivity index (χ1n) is 9.93. The van der Waals surface area contributed by atoms with Gasteiger partial charge in [0.2, 0.25) is 12.3 Å². The number of thioether (sulfide) groups is 1. The molecule has 31 heavy (non-hydrogen) atoms. The fourth-order valence-electron chi connectivity index (χ4n) is 3.86. The van der Waals surface area contributed by atoms with E-state index >= 15 is 0 Å². The summed E-state index contributed by atoms with van der Waals surface area (Å²) >= 11 is 1.51. The molecule has 2 aliphatic rings. The van der Waals surface area contributed by atoms with E-state index in [1.807, 2.05) is 17.0 Å². The normalized spacial score (nSPS) is 18.8. The molecule has 0 aliphatic carbocycles. The summed E-state index contributed by atoms with van der Waals surface area (Å²) in [5.74, 6) is 0.283. The molecule has 3 heterocycles. The summed E-state index contributed by atoms with van der Waals surface area (Å²) in [5.41, 5.74) is 1.87. The van der Waals surface area contributed by atoms with Gasteiger partial charge in [-0.3, -0.25) is 14.6 Å². The molecule has 0 saturated carbocycles. The minimum atomic E-state index is -2.30. The Labute approximate surface area is 182 Å². The molecule has 1 aromatic carbocycles. The van der Waals surface area contributed by atoms with E-state index in [2.05, 4.69) is 16.4 Å². The molecule has 2 amide bonds. The number of carbonyl (C=O) groups excluding carboxylic acids is 2. The lowest BCUT2D eigenvalue weighted by atomic mass is 9.95. The summed E-state index contributed by atoms with van der Waals surface area (Å²) in [7, 11) is 0. The second-order valence-electron chi connectivity index (χ2n) is 7.65. The van der Waals surface area contributed by atoms with Crippen LogP contribution in [-0.4, -0.2) is 65.4 Å². The maximum Gasteiger partial charge on any atom is 0.252 e. The van der Waals surface area contributed by atoms with Crippen molar-refractivity contribution in [2.75, 3.05) is 36.2 Å². The summed E-state index contributed by atoms with van der Waals surface area (Å²) in [6, 6.07) is 8.72. The highest BCUT2D eigenvalue weighted by molar-refractivity contribution is 7.99. The Morgan fingerprint density at radius 2 is 2.13 bits per heavy atom. The fraction of sp³-hybridized carbons (Fsp3) is 0.429. The van der Waals surface area contributed by atoms with E-state index in [4.69, 9.17) is 5.26 Å². The number of nitrogens with one attached hydrogen (secondary N) is 1. The van der Waals surface area contributed by atoms with Crippen LogP contribution >= 0.6 is 11.8 Å². The van der Waals surface area contributed by atoms with Gasteiger partial charge >= 0.3 is 0 Å². The van der Waals surface area contributed by atoms with Crippen molar-refractivity contribution >= 4 is 40.2 Å². The topological polar surface area (TPSA) is 89.3 Å². The molecule has 10 heteroatoms. The van der Waals surface area contributed by atoms with Gasteiger partial charge in [0, 0.05) is 42.5 Å². The molecule has 2 saturated heterocycles. The van der Waals surface area contributed by atoms with Gasteiger partial charge in [-0.15, -0.1) is 11.8 Å². The average Bonchev–Trinajstić information content (AvgIpc) is 3.22. The van der Waals surface area contributed by atoms with Gasteiger partial charge in [0.05, 0.1) is 29.6 Å². The number of pyridine rings is 1. The van der Waals surface area contributed by atoms with E-state index in [1.165, 1.54) is 22.9 Å². The number of fused-ring (bicyclic) bond motifs is 1. The van der Waals surface area contributed by atoms with Crippen LogP contribution in [0.1, 0.15) is 16.8 Å². The zero-order valence-electron chi connectivity index (χ0n) is 16.6. The Morgan fingerprint density at radius 1 is 1.32 bits per heavy atom. The number of alkyl halides is 2. The number of hydrogen-bond donors (Lipinski definition) is 1. The van der Waals surface area contributed by atoms with Crippen LogP contribution in [0.5, 0.6) is 0 Å². The molecular weight excluding hydrogens is 424 g/mol. The Bertz CT molecular complexity index is 1040. The van der Waals surface area contributed by atoms with Crippen molar-refractivity contribution in [2.24, 2.45) is 5.92 Å². The molecule has 2 fully saturated rings. The van der Waals surface area contributed by atoms with Gasteiger partial charge in [-0.05, 0) is 30.2 Å². The predicted molar refractivity (Wildman–Crippen MR) is 114 cm³/mol. The van der Waals surface area contributed by atoms with Crippen molar-refractivity contribution in [1.82, 2.24) is 15.2 Å². The number of aromatic nitrogens is 1. The largest absolute Gasteiger partial charge is 0.371 e. The number of nitrogens with zero attached hydrogens (tertiary/aromatic N) is 4. The Kier molecular flexibility index (Phi) is 6.23.